The van der Waals surface area contributed by atoms with Gasteiger partial charge in [-0.2, -0.15) is 0 Å². The first-order chi connectivity index (χ1) is 8.76. The van der Waals surface area contributed by atoms with Gasteiger partial charge in [0.05, 0.1) is 19.3 Å². The van der Waals surface area contributed by atoms with Gasteiger partial charge in [0.1, 0.15) is 18.0 Å². The normalized spacial score (nSPS) is 20.1. The zero-order valence-electron chi connectivity index (χ0n) is 10.7. The molecule has 0 saturated carbocycles. The highest BCUT2D eigenvalue weighted by Gasteiger charge is 2.23. The van der Waals surface area contributed by atoms with Crippen molar-refractivity contribution in [3.8, 4) is 0 Å². The summed E-state index contributed by atoms with van der Waals surface area (Å²) in [6.45, 7) is 4.14. The number of nitrogens with two attached hydrogens (primary N) is 1. The van der Waals surface area contributed by atoms with Gasteiger partial charge in [-0.3, -0.25) is 0 Å². The molecule has 100 valence electrons. The zero-order valence-corrected chi connectivity index (χ0v) is 10.7. The third-order valence-electron chi connectivity index (χ3n) is 3.10. The summed E-state index contributed by atoms with van der Waals surface area (Å²) in [5.74, 6) is 1.43. The van der Waals surface area contributed by atoms with E-state index in [0.717, 1.165) is 30.8 Å². The fraction of sp³-hybridized carbons (Fsp3) is 0.667. The Morgan fingerprint density at radius 2 is 2.39 bits per heavy atom. The molecule has 0 radical (unpaired) electrons. The van der Waals surface area contributed by atoms with Gasteiger partial charge in [0.15, 0.2) is 0 Å². The summed E-state index contributed by atoms with van der Waals surface area (Å²) in [7, 11) is 0. The molecule has 0 spiro atoms. The highest BCUT2D eigenvalue weighted by atomic mass is 16.5. The van der Waals surface area contributed by atoms with Crippen LogP contribution in [0.5, 0.6) is 0 Å². The van der Waals surface area contributed by atoms with Gasteiger partial charge in [0.2, 0.25) is 0 Å². The summed E-state index contributed by atoms with van der Waals surface area (Å²) in [5, 5.41) is 9.17. The highest BCUT2D eigenvalue weighted by molar-refractivity contribution is 5.56. The molecule has 1 saturated heterocycles. The van der Waals surface area contributed by atoms with E-state index >= 15 is 0 Å². The number of aliphatic hydroxyl groups excluding tert-OH is 1. The van der Waals surface area contributed by atoms with Gasteiger partial charge >= 0.3 is 0 Å². The lowest BCUT2D eigenvalue weighted by atomic mass is 10.1. The molecule has 2 heterocycles. The summed E-state index contributed by atoms with van der Waals surface area (Å²) in [5.41, 5.74) is 6.92. The molecule has 1 atom stereocenters. The molecular weight excluding hydrogens is 232 g/mol. The van der Waals surface area contributed by atoms with Crippen LogP contribution >= 0.6 is 0 Å². The van der Waals surface area contributed by atoms with Crippen molar-refractivity contribution in [1.82, 2.24) is 9.97 Å². The van der Waals surface area contributed by atoms with Crippen LogP contribution in [0.15, 0.2) is 6.33 Å². The average Bonchev–Trinajstić information content (AvgIpc) is 2.41. The molecule has 1 fully saturated rings. The minimum absolute atomic E-state index is 0.0280. The molecule has 1 aliphatic rings. The number of anilines is 2. The molecule has 1 unspecified atom stereocenters. The van der Waals surface area contributed by atoms with Gasteiger partial charge in [-0.1, -0.05) is 13.3 Å². The quantitative estimate of drug-likeness (QED) is 0.797. The molecule has 3 N–H and O–H groups in total. The lowest BCUT2D eigenvalue weighted by molar-refractivity contribution is 0.00331. The number of rotatable bonds is 4. The van der Waals surface area contributed by atoms with Crippen molar-refractivity contribution in [2.45, 2.75) is 25.9 Å². The SMILES string of the molecule is CCCc1c(N)ncnc1N1CCOC(CO)C1. The van der Waals surface area contributed by atoms with Gasteiger partial charge in [0.25, 0.3) is 0 Å². The second-order valence-electron chi connectivity index (χ2n) is 4.43. The smallest absolute Gasteiger partial charge is 0.137 e. The van der Waals surface area contributed by atoms with Gasteiger partial charge < -0.3 is 20.5 Å². The van der Waals surface area contributed by atoms with E-state index < -0.39 is 0 Å². The highest BCUT2D eigenvalue weighted by Crippen LogP contribution is 2.24. The number of aliphatic hydroxyl groups is 1. The number of hydrogen-bond donors (Lipinski definition) is 2. The molecule has 2 rings (SSSR count). The van der Waals surface area contributed by atoms with Gasteiger partial charge in [-0.05, 0) is 6.42 Å². The largest absolute Gasteiger partial charge is 0.394 e. The van der Waals surface area contributed by atoms with Crippen LogP contribution in [0.4, 0.5) is 11.6 Å². The lowest BCUT2D eigenvalue weighted by Gasteiger charge is -2.34. The van der Waals surface area contributed by atoms with E-state index in [0.29, 0.717) is 19.0 Å². The van der Waals surface area contributed by atoms with E-state index in [1.807, 2.05) is 0 Å². The van der Waals surface area contributed by atoms with Crippen LogP contribution in [0.1, 0.15) is 18.9 Å². The van der Waals surface area contributed by atoms with Crippen LogP contribution in [-0.4, -0.2) is 47.5 Å². The Bertz CT molecular complexity index is 400. The molecule has 6 heteroatoms. The number of nitrogens with zero attached hydrogens (tertiary/aromatic N) is 3. The topological polar surface area (TPSA) is 84.5 Å². The number of ether oxygens (including phenoxy) is 1. The number of nitrogen functional groups attached to an aromatic ring is 1. The predicted molar refractivity (Wildman–Crippen MR) is 69.5 cm³/mol. The second kappa shape index (κ2) is 5.97. The van der Waals surface area contributed by atoms with Crippen molar-refractivity contribution in [2.24, 2.45) is 0 Å². The Kier molecular flexibility index (Phi) is 4.33. The monoisotopic (exact) mass is 252 g/mol. The van der Waals surface area contributed by atoms with Crippen LogP contribution in [-0.2, 0) is 11.2 Å². The van der Waals surface area contributed by atoms with Crippen molar-refractivity contribution >= 4 is 11.6 Å². The molecule has 1 aromatic rings. The van der Waals surface area contributed by atoms with Crippen LogP contribution in [0, 0.1) is 0 Å². The summed E-state index contributed by atoms with van der Waals surface area (Å²) in [6.07, 6.45) is 3.21. The van der Waals surface area contributed by atoms with Crippen molar-refractivity contribution in [2.75, 3.05) is 36.9 Å². The Balaban J connectivity index is 2.23. The van der Waals surface area contributed by atoms with Gasteiger partial charge in [0, 0.05) is 18.7 Å². The summed E-state index contributed by atoms with van der Waals surface area (Å²) < 4.78 is 5.44. The van der Waals surface area contributed by atoms with Gasteiger partial charge in [-0.25, -0.2) is 9.97 Å². The van der Waals surface area contributed by atoms with E-state index in [1.54, 1.807) is 0 Å². The molecule has 0 bridgehead atoms. The van der Waals surface area contributed by atoms with E-state index in [1.165, 1.54) is 6.33 Å². The zero-order chi connectivity index (χ0) is 13.0. The van der Waals surface area contributed by atoms with E-state index in [-0.39, 0.29) is 12.7 Å². The molecular formula is C12H20N4O2. The van der Waals surface area contributed by atoms with E-state index in [2.05, 4.69) is 21.8 Å². The molecule has 6 nitrogen and oxygen atoms in total. The van der Waals surface area contributed by atoms with Crippen molar-refractivity contribution in [3.05, 3.63) is 11.9 Å². The Morgan fingerprint density at radius 3 is 3.11 bits per heavy atom. The Labute approximate surface area is 107 Å². The maximum Gasteiger partial charge on any atom is 0.137 e. The van der Waals surface area contributed by atoms with Crippen molar-refractivity contribution in [1.29, 1.82) is 0 Å². The summed E-state index contributed by atoms with van der Waals surface area (Å²) >= 11 is 0. The van der Waals surface area contributed by atoms with Crippen LogP contribution < -0.4 is 10.6 Å². The Hall–Kier alpha value is -1.40. The molecule has 1 aliphatic heterocycles. The first-order valence-electron chi connectivity index (χ1n) is 6.33. The number of morpholine rings is 1. The lowest BCUT2D eigenvalue weighted by Crippen LogP contribution is -2.45. The van der Waals surface area contributed by atoms with Crippen molar-refractivity contribution < 1.29 is 9.84 Å². The molecule has 1 aromatic heterocycles. The Morgan fingerprint density at radius 1 is 1.56 bits per heavy atom. The first kappa shape index (κ1) is 13.0. The third kappa shape index (κ3) is 2.70. The van der Waals surface area contributed by atoms with E-state index in [9.17, 15) is 5.11 Å². The van der Waals surface area contributed by atoms with Crippen LogP contribution in [0.25, 0.3) is 0 Å². The third-order valence-corrected chi connectivity index (χ3v) is 3.10. The minimum atomic E-state index is -0.149. The standard InChI is InChI=1S/C12H20N4O2/c1-2-3-10-11(13)14-8-15-12(10)16-4-5-18-9(6-16)7-17/h8-9,17H,2-7H2,1H3,(H2,13,14,15). The summed E-state index contributed by atoms with van der Waals surface area (Å²) in [6, 6.07) is 0. The van der Waals surface area contributed by atoms with Crippen LogP contribution in [0.3, 0.4) is 0 Å². The minimum Gasteiger partial charge on any atom is -0.394 e. The van der Waals surface area contributed by atoms with Crippen molar-refractivity contribution in [3.63, 3.8) is 0 Å². The van der Waals surface area contributed by atoms with Gasteiger partial charge in [-0.15, -0.1) is 0 Å². The first-order valence-corrected chi connectivity index (χ1v) is 6.33. The molecule has 18 heavy (non-hydrogen) atoms. The molecule has 0 aromatic carbocycles. The second-order valence-corrected chi connectivity index (χ2v) is 4.43. The fourth-order valence-corrected chi connectivity index (χ4v) is 2.20. The average molecular weight is 252 g/mol. The maximum absolute atomic E-state index is 9.17. The summed E-state index contributed by atoms with van der Waals surface area (Å²) in [4.78, 5) is 10.5. The maximum atomic E-state index is 9.17. The molecule has 0 amide bonds. The predicted octanol–water partition coefficient (Wildman–Crippen LogP) is 0.209. The fourth-order valence-electron chi connectivity index (χ4n) is 2.20. The number of aromatic nitrogens is 2. The molecule has 0 aliphatic carbocycles. The van der Waals surface area contributed by atoms with E-state index in [4.69, 9.17) is 10.5 Å². The number of hydrogen-bond acceptors (Lipinski definition) is 6. The van der Waals surface area contributed by atoms with Crippen LogP contribution in [0.2, 0.25) is 0 Å².